The van der Waals surface area contributed by atoms with Crippen molar-refractivity contribution < 1.29 is 14.6 Å². The van der Waals surface area contributed by atoms with Crippen LogP contribution in [0.4, 0.5) is 0 Å². The van der Waals surface area contributed by atoms with Crippen LogP contribution in [0.2, 0.25) is 0 Å². The van der Waals surface area contributed by atoms with E-state index < -0.39 is 0 Å². The first kappa shape index (κ1) is 16.4. The van der Waals surface area contributed by atoms with Gasteiger partial charge in [-0.3, -0.25) is 9.69 Å². The molecular formula is C20H24N2O3. The van der Waals surface area contributed by atoms with Gasteiger partial charge in [-0.05, 0) is 25.0 Å². The number of likely N-dealkylation sites (tertiary alicyclic amines) is 1. The molecule has 1 aromatic carbocycles. The number of fused-ring (bicyclic) bond motifs is 6. The van der Waals surface area contributed by atoms with Crippen LogP contribution in [-0.2, 0) is 9.53 Å². The molecule has 0 radical (unpaired) electrons. The highest BCUT2D eigenvalue weighted by molar-refractivity contribution is 5.90. The van der Waals surface area contributed by atoms with Gasteiger partial charge in [0.05, 0.1) is 13.7 Å². The molecule has 2 N–H and O–H groups in total. The smallest absolute Gasteiger partial charge is 0.315 e. The molecule has 0 amide bonds. The van der Waals surface area contributed by atoms with E-state index in [1.165, 1.54) is 23.6 Å². The second kappa shape index (κ2) is 6.32. The summed E-state index contributed by atoms with van der Waals surface area (Å²) >= 11 is 0. The Hall–Kier alpha value is -2.11. The summed E-state index contributed by atoms with van der Waals surface area (Å²) in [6, 6.07) is 8.42. The summed E-state index contributed by atoms with van der Waals surface area (Å²) in [5.41, 5.74) is 4.49. The topological polar surface area (TPSA) is 65.6 Å². The summed E-state index contributed by atoms with van der Waals surface area (Å²) in [6.45, 7) is 3.59. The fourth-order valence-corrected chi connectivity index (χ4v) is 4.72. The third-order valence-electron chi connectivity index (χ3n) is 5.82. The number of nitrogens with one attached hydrogen (secondary N) is 1. The number of esters is 1. The minimum absolute atomic E-state index is 0.135. The predicted molar refractivity (Wildman–Crippen MR) is 96.3 cm³/mol. The van der Waals surface area contributed by atoms with E-state index in [9.17, 15) is 9.90 Å². The zero-order chi connectivity index (χ0) is 17.6. The molecule has 0 spiro atoms. The Morgan fingerprint density at radius 3 is 2.96 bits per heavy atom. The van der Waals surface area contributed by atoms with Gasteiger partial charge in [-0.1, -0.05) is 29.8 Å². The average Bonchev–Trinajstić information content (AvgIpc) is 3.02. The summed E-state index contributed by atoms with van der Waals surface area (Å²) in [7, 11) is 1.47. The molecule has 5 nitrogen and oxygen atoms in total. The number of carbonyl (C=O) groups is 1. The molecule has 25 heavy (non-hydrogen) atoms. The average molecular weight is 340 g/mol. The fourth-order valence-electron chi connectivity index (χ4n) is 4.72. The Morgan fingerprint density at radius 2 is 2.24 bits per heavy atom. The highest BCUT2D eigenvalue weighted by atomic mass is 16.5. The largest absolute Gasteiger partial charge is 0.468 e. The molecule has 1 aliphatic carbocycles. The molecule has 0 unspecified atom stereocenters. The lowest BCUT2D eigenvalue weighted by molar-refractivity contribution is -0.144. The number of aliphatic hydroxyl groups is 1. The van der Waals surface area contributed by atoms with Crippen molar-refractivity contribution in [2.24, 2.45) is 5.92 Å². The summed E-state index contributed by atoms with van der Waals surface area (Å²) in [6.07, 6.45) is 3.00. The number of allylic oxidation sites excluding steroid dienone is 1. The van der Waals surface area contributed by atoms with E-state index in [1.807, 2.05) is 19.1 Å². The van der Waals surface area contributed by atoms with Crippen LogP contribution in [0.5, 0.6) is 0 Å². The zero-order valence-corrected chi connectivity index (χ0v) is 14.7. The maximum atomic E-state index is 12.7. The maximum absolute atomic E-state index is 12.7. The number of ether oxygens (including phenoxy) is 1. The molecule has 1 fully saturated rings. The van der Waals surface area contributed by atoms with Gasteiger partial charge in [-0.2, -0.15) is 0 Å². The van der Waals surface area contributed by atoms with Crippen LogP contribution in [-0.4, -0.2) is 47.8 Å². The highest BCUT2D eigenvalue weighted by Crippen LogP contribution is 2.52. The summed E-state index contributed by atoms with van der Waals surface area (Å²) in [4.78, 5) is 18.5. The number of aromatic nitrogens is 1. The van der Waals surface area contributed by atoms with Crippen molar-refractivity contribution in [2.45, 2.75) is 25.3 Å². The van der Waals surface area contributed by atoms with Gasteiger partial charge in [-0.15, -0.1) is 0 Å². The number of para-hydroxylation sites is 1. The van der Waals surface area contributed by atoms with Gasteiger partial charge in [0, 0.05) is 41.6 Å². The van der Waals surface area contributed by atoms with Gasteiger partial charge in [0.2, 0.25) is 0 Å². The molecule has 1 saturated heterocycles. The summed E-state index contributed by atoms with van der Waals surface area (Å²) < 4.78 is 5.16. The van der Waals surface area contributed by atoms with E-state index in [2.05, 4.69) is 28.1 Å². The van der Waals surface area contributed by atoms with Crippen LogP contribution < -0.4 is 0 Å². The Labute approximate surface area is 147 Å². The van der Waals surface area contributed by atoms with Crippen LogP contribution in [0.15, 0.2) is 35.9 Å². The molecule has 1 aliphatic heterocycles. The molecule has 3 atom stereocenters. The van der Waals surface area contributed by atoms with Crippen molar-refractivity contribution >= 4 is 16.9 Å². The molecule has 4 rings (SSSR count). The number of piperidine rings is 1. The van der Waals surface area contributed by atoms with Crippen LogP contribution in [0.25, 0.3) is 10.9 Å². The molecule has 2 aliphatic rings. The second-order valence-electron chi connectivity index (χ2n) is 6.91. The first-order valence-corrected chi connectivity index (χ1v) is 8.87. The predicted octanol–water partition coefficient (Wildman–Crippen LogP) is 2.74. The highest BCUT2D eigenvalue weighted by Gasteiger charge is 2.47. The summed E-state index contributed by atoms with van der Waals surface area (Å²) in [5, 5.41) is 10.7. The molecule has 5 heteroatoms. The number of benzene rings is 1. The lowest BCUT2D eigenvalue weighted by atomic mass is 9.69. The molecular weight excluding hydrogens is 316 g/mol. The standard InChI is InChI=1S/C20H24N2O3/c1-3-12-11-22(8-9-23)16-10-14(12)18(20(24)25-2)19-17(16)13-6-4-5-7-15(13)21-19/h3-7,14,16,18,21,23H,8-11H2,1-2H3/b12-3-/t14-,16-,18-/m0/s1. The van der Waals surface area contributed by atoms with Crippen LogP contribution in [0.3, 0.4) is 0 Å². The lowest BCUT2D eigenvalue weighted by Crippen LogP contribution is -2.46. The maximum Gasteiger partial charge on any atom is 0.315 e. The van der Waals surface area contributed by atoms with E-state index in [1.54, 1.807) is 0 Å². The first-order valence-electron chi connectivity index (χ1n) is 8.87. The van der Waals surface area contributed by atoms with E-state index in [4.69, 9.17) is 4.74 Å². The van der Waals surface area contributed by atoms with Gasteiger partial charge >= 0.3 is 5.97 Å². The Bertz CT molecular complexity index is 839. The van der Waals surface area contributed by atoms with Gasteiger partial charge in [-0.25, -0.2) is 0 Å². The van der Waals surface area contributed by atoms with Gasteiger partial charge in [0.1, 0.15) is 5.92 Å². The van der Waals surface area contributed by atoms with Crippen molar-refractivity contribution in [1.82, 2.24) is 9.88 Å². The van der Waals surface area contributed by atoms with Crippen molar-refractivity contribution in [2.75, 3.05) is 26.8 Å². The Morgan fingerprint density at radius 1 is 1.44 bits per heavy atom. The molecule has 2 heterocycles. The third-order valence-corrected chi connectivity index (χ3v) is 5.82. The zero-order valence-electron chi connectivity index (χ0n) is 14.7. The van der Waals surface area contributed by atoms with Crippen molar-refractivity contribution in [3.63, 3.8) is 0 Å². The quantitative estimate of drug-likeness (QED) is 0.666. The molecule has 2 aromatic rings. The third kappa shape index (κ3) is 2.41. The first-order chi connectivity index (χ1) is 12.2. The van der Waals surface area contributed by atoms with Gasteiger partial charge in [0.25, 0.3) is 0 Å². The number of aromatic amines is 1. The second-order valence-corrected chi connectivity index (χ2v) is 6.91. The SMILES string of the molecule is C/C=C1/CN(CCO)[C@H]2C[C@@H]1[C@H](C(=O)OC)c1[nH]c3ccccc3c12. The van der Waals surface area contributed by atoms with Crippen molar-refractivity contribution in [1.29, 1.82) is 0 Å². The number of hydrogen-bond acceptors (Lipinski definition) is 4. The van der Waals surface area contributed by atoms with Crippen LogP contribution in [0.1, 0.15) is 36.6 Å². The number of β-amino-alcohol motifs (C(OH)–C–C–N with tert-alkyl or cyclic N) is 1. The number of hydrogen-bond donors (Lipinski definition) is 2. The van der Waals surface area contributed by atoms with Crippen LogP contribution in [0, 0.1) is 5.92 Å². The fraction of sp³-hybridized carbons (Fsp3) is 0.450. The van der Waals surface area contributed by atoms with E-state index in [0.717, 1.165) is 24.2 Å². The monoisotopic (exact) mass is 340 g/mol. The molecule has 1 aromatic heterocycles. The number of aliphatic hydroxyl groups excluding tert-OH is 1. The number of rotatable bonds is 3. The van der Waals surface area contributed by atoms with Crippen molar-refractivity contribution in [3.05, 3.63) is 47.2 Å². The van der Waals surface area contributed by atoms with Crippen LogP contribution >= 0.6 is 0 Å². The normalized spacial score (nSPS) is 27.5. The van der Waals surface area contributed by atoms with Gasteiger partial charge < -0.3 is 14.8 Å². The number of nitrogens with zero attached hydrogens (tertiary/aromatic N) is 1. The number of carbonyl (C=O) groups excluding carboxylic acids is 1. The Balaban J connectivity index is 1.95. The minimum atomic E-state index is -0.286. The van der Waals surface area contributed by atoms with Gasteiger partial charge in [0.15, 0.2) is 0 Å². The number of H-pyrrole nitrogens is 1. The van der Waals surface area contributed by atoms with E-state index in [0.29, 0.717) is 6.54 Å². The number of methoxy groups -OCH3 is 1. The molecule has 0 saturated carbocycles. The lowest BCUT2D eigenvalue weighted by Gasteiger charge is -2.47. The molecule has 132 valence electrons. The summed E-state index contributed by atoms with van der Waals surface area (Å²) in [5.74, 6) is -0.310. The Kier molecular flexibility index (Phi) is 4.13. The van der Waals surface area contributed by atoms with Crippen molar-refractivity contribution in [3.8, 4) is 0 Å². The van der Waals surface area contributed by atoms with E-state index in [-0.39, 0.29) is 30.5 Å². The van der Waals surface area contributed by atoms with E-state index >= 15 is 0 Å². The minimum Gasteiger partial charge on any atom is -0.468 e. The molecule has 2 bridgehead atoms.